The Kier molecular flexibility index (Phi) is 7.78. The van der Waals surface area contributed by atoms with E-state index in [1.165, 1.54) is 0 Å². The first kappa shape index (κ1) is 23.3. The van der Waals surface area contributed by atoms with Crippen LogP contribution in [0.2, 0.25) is 0 Å². The fourth-order valence-electron chi connectivity index (χ4n) is 3.56. The summed E-state index contributed by atoms with van der Waals surface area (Å²) in [4.78, 5) is 11.6. The lowest BCUT2D eigenvalue weighted by atomic mass is 10.1. The molecule has 1 aliphatic heterocycles. The molecule has 0 bridgehead atoms. The number of hydrogen-bond donors (Lipinski definition) is 3. The number of benzene rings is 1. The zero-order valence-electron chi connectivity index (χ0n) is 19.1. The van der Waals surface area contributed by atoms with Gasteiger partial charge in [-0.25, -0.2) is 4.98 Å². The van der Waals surface area contributed by atoms with Gasteiger partial charge in [0, 0.05) is 41.3 Å². The molecule has 0 radical (unpaired) electrons. The standard InChI is InChI=1S/C23H34N6OS/c1-14(2)29-12-10-19(11-13-29)30-23-20(16(5)24)21(25)26-22(27-23)17-6-8-18(9-7-17)28-31-15(3)4/h6-9,14-15,19,24,28H,10-13H2,1-5H3,(H2,25,26,27). The van der Waals surface area contributed by atoms with Crippen LogP contribution in [-0.2, 0) is 0 Å². The first-order chi connectivity index (χ1) is 14.7. The molecule has 0 spiro atoms. The Morgan fingerprint density at radius 1 is 1.16 bits per heavy atom. The largest absolute Gasteiger partial charge is 0.474 e. The third kappa shape index (κ3) is 6.11. The van der Waals surface area contributed by atoms with Gasteiger partial charge in [-0.3, -0.25) is 0 Å². The Morgan fingerprint density at radius 2 is 1.81 bits per heavy atom. The highest BCUT2D eigenvalue weighted by atomic mass is 32.2. The average Bonchev–Trinajstić information content (AvgIpc) is 2.72. The lowest BCUT2D eigenvalue weighted by Gasteiger charge is -2.34. The number of nitrogens with two attached hydrogens (primary N) is 1. The Balaban J connectivity index is 1.82. The second kappa shape index (κ2) is 10.3. The first-order valence-corrected chi connectivity index (χ1v) is 11.8. The summed E-state index contributed by atoms with van der Waals surface area (Å²) in [5.41, 5.74) is 8.92. The second-order valence-electron chi connectivity index (χ2n) is 8.53. The molecule has 31 heavy (non-hydrogen) atoms. The Bertz CT molecular complexity index is 892. The number of likely N-dealkylation sites (tertiary alicyclic amines) is 1. The quantitative estimate of drug-likeness (QED) is 0.397. The van der Waals surface area contributed by atoms with Crippen molar-refractivity contribution in [3.05, 3.63) is 29.8 Å². The molecule has 1 aromatic carbocycles. The molecule has 2 heterocycles. The number of rotatable bonds is 8. The summed E-state index contributed by atoms with van der Waals surface area (Å²) in [5.74, 6) is 1.21. The van der Waals surface area contributed by atoms with E-state index in [1.807, 2.05) is 24.3 Å². The molecule has 7 nitrogen and oxygen atoms in total. The van der Waals surface area contributed by atoms with E-state index in [4.69, 9.17) is 15.9 Å². The second-order valence-corrected chi connectivity index (χ2v) is 9.91. The van der Waals surface area contributed by atoms with Crippen LogP contribution >= 0.6 is 11.9 Å². The maximum absolute atomic E-state index is 8.15. The van der Waals surface area contributed by atoms with Gasteiger partial charge in [-0.1, -0.05) is 13.8 Å². The third-order valence-corrected chi connectivity index (χ3v) is 6.14. The lowest BCUT2D eigenvalue weighted by molar-refractivity contribution is 0.0812. The summed E-state index contributed by atoms with van der Waals surface area (Å²) in [6.07, 6.45) is 1.93. The number of nitrogens with zero attached hydrogens (tertiary/aromatic N) is 3. The predicted octanol–water partition coefficient (Wildman–Crippen LogP) is 4.83. The summed E-state index contributed by atoms with van der Waals surface area (Å²) in [6.45, 7) is 12.4. The SMILES string of the molecule is CC(=N)c1c(N)nc(-c2ccc(NSC(C)C)cc2)nc1OC1CCN(C(C)C)CC1. The molecule has 1 aliphatic rings. The van der Waals surface area contributed by atoms with Crippen LogP contribution in [0.1, 0.15) is 53.0 Å². The zero-order valence-corrected chi connectivity index (χ0v) is 19.9. The van der Waals surface area contributed by atoms with Crippen molar-refractivity contribution in [2.75, 3.05) is 23.5 Å². The van der Waals surface area contributed by atoms with E-state index in [1.54, 1.807) is 18.9 Å². The molecule has 0 atom stereocenters. The number of nitrogen functional groups attached to an aromatic ring is 1. The Labute approximate surface area is 189 Å². The molecule has 1 aromatic heterocycles. The van der Waals surface area contributed by atoms with Crippen LogP contribution < -0.4 is 15.2 Å². The van der Waals surface area contributed by atoms with Crippen molar-refractivity contribution in [1.29, 1.82) is 5.41 Å². The molecular formula is C23H34N6OS. The van der Waals surface area contributed by atoms with E-state index in [0.29, 0.717) is 34.3 Å². The molecule has 4 N–H and O–H groups in total. The van der Waals surface area contributed by atoms with Gasteiger partial charge < -0.3 is 25.5 Å². The number of nitrogens with one attached hydrogen (secondary N) is 2. The number of hydrogen-bond acceptors (Lipinski definition) is 8. The fraction of sp³-hybridized carbons (Fsp3) is 0.522. The van der Waals surface area contributed by atoms with E-state index < -0.39 is 0 Å². The van der Waals surface area contributed by atoms with E-state index in [0.717, 1.165) is 37.2 Å². The smallest absolute Gasteiger partial charge is 0.228 e. The van der Waals surface area contributed by atoms with Crippen LogP contribution in [0.3, 0.4) is 0 Å². The Morgan fingerprint density at radius 3 is 2.35 bits per heavy atom. The van der Waals surface area contributed by atoms with E-state index in [9.17, 15) is 0 Å². The highest BCUT2D eigenvalue weighted by molar-refractivity contribution is 8.01. The number of anilines is 2. The van der Waals surface area contributed by atoms with Gasteiger partial charge >= 0.3 is 0 Å². The van der Waals surface area contributed by atoms with Gasteiger partial charge in [0.25, 0.3) is 0 Å². The van der Waals surface area contributed by atoms with Gasteiger partial charge in [0.1, 0.15) is 11.9 Å². The van der Waals surface area contributed by atoms with Crippen molar-refractivity contribution in [3.8, 4) is 17.3 Å². The minimum atomic E-state index is 0.0647. The van der Waals surface area contributed by atoms with Gasteiger partial charge in [-0.05, 0) is 69.8 Å². The van der Waals surface area contributed by atoms with Gasteiger partial charge in [0.2, 0.25) is 5.88 Å². The molecular weight excluding hydrogens is 408 g/mol. The molecule has 0 unspecified atom stereocenters. The predicted molar refractivity (Wildman–Crippen MR) is 131 cm³/mol. The van der Waals surface area contributed by atoms with Crippen LogP contribution in [0.25, 0.3) is 11.4 Å². The van der Waals surface area contributed by atoms with Crippen LogP contribution in [-0.4, -0.2) is 51.1 Å². The molecule has 3 rings (SSSR count). The van der Waals surface area contributed by atoms with Crippen molar-refractivity contribution in [2.24, 2.45) is 0 Å². The molecule has 0 aliphatic carbocycles. The number of aromatic nitrogens is 2. The van der Waals surface area contributed by atoms with Crippen molar-refractivity contribution in [1.82, 2.24) is 14.9 Å². The summed E-state index contributed by atoms with van der Waals surface area (Å²) >= 11 is 1.67. The summed E-state index contributed by atoms with van der Waals surface area (Å²) in [7, 11) is 0. The van der Waals surface area contributed by atoms with Crippen LogP contribution in [0.15, 0.2) is 24.3 Å². The van der Waals surface area contributed by atoms with Crippen molar-refractivity contribution in [2.45, 2.75) is 64.9 Å². The molecule has 2 aromatic rings. The van der Waals surface area contributed by atoms with Gasteiger partial charge in [0.15, 0.2) is 5.82 Å². The van der Waals surface area contributed by atoms with Crippen LogP contribution in [0.4, 0.5) is 11.5 Å². The summed E-state index contributed by atoms with van der Waals surface area (Å²) in [5, 5.41) is 8.64. The molecule has 8 heteroatoms. The normalized spacial score (nSPS) is 15.5. The highest BCUT2D eigenvalue weighted by Gasteiger charge is 2.25. The molecule has 0 amide bonds. The molecule has 0 saturated carbocycles. The number of ether oxygens (including phenoxy) is 1. The zero-order chi connectivity index (χ0) is 22.5. The molecule has 1 fully saturated rings. The topological polar surface area (TPSA) is 100 Å². The lowest BCUT2D eigenvalue weighted by Crippen LogP contribution is -2.42. The van der Waals surface area contributed by atoms with Gasteiger partial charge in [0.05, 0.1) is 5.56 Å². The van der Waals surface area contributed by atoms with Gasteiger partial charge in [-0.15, -0.1) is 0 Å². The average molecular weight is 443 g/mol. The monoisotopic (exact) mass is 442 g/mol. The maximum atomic E-state index is 8.15. The van der Waals surface area contributed by atoms with Crippen molar-refractivity contribution in [3.63, 3.8) is 0 Å². The minimum Gasteiger partial charge on any atom is -0.474 e. The van der Waals surface area contributed by atoms with Crippen LogP contribution in [0, 0.1) is 5.41 Å². The van der Waals surface area contributed by atoms with E-state index >= 15 is 0 Å². The van der Waals surface area contributed by atoms with Crippen molar-refractivity contribution >= 4 is 29.2 Å². The van der Waals surface area contributed by atoms with Gasteiger partial charge in [-0.2, -0.15) is 4.98 Å². The van der Waals surface area contributed by atoms with Crippen LogP contribution in [0.5, 0.6) is 5.88 Å². The minimum absolute atomic E-state index is 0.0647. The highest BCUT2D eigenvalue weighted by Crippen LogP contribution is 2.29. The summed E-state index contributed by atoms with van der Waals surface area (Å²) in [6, 6.07) is 8.49. The molecule has 1 saturated heterocycles. The maximum Gasteiger partial charge on any atom is 0.228 e. The van der Waals surface area contributed by atoms with E-state index in [-0.39, 0.29) is 11.9 Å². The number of piperidine rings is 1. The van der Waals surface area contributed by atoms with Crippen molar-refractivity contribution < 1.29 is 4.74 Å². The Hall–Kier alpha value is -2.32. The summed E-state index contributed by atoms with van der Waals surface area (Å²) < 4.78 is 9.62. The molecule has 168 valence electrons. The first-order valence-electron chi connectivity index (χ1n) is 10.9. The third-order valence-electron chi connectivity index (χ3n) is 5.32. The fourth-order valence-corrected chi connectivity index (χ4v) is 4.07. The van der Waals surface area contributed by atoms with E-state index in [2.05, 4.69) is 47.3 Å².